The van der Waals surface area contributed by atoms with E-state index in [-0.39, 0.29) is 0 Å². The van der Waals surface area contributed by atoms with Gasteiger partial charge in [0.2, 0.25) is 0 Å². The van der Waals surface area contributed by atoms with E-state index in [1.807, 2.05) is 0 Å². The van der Waals surface area contributed by atoms with E-state index < -0.39 is 0 Å². The van der Waals surface area contributed by atoms with Gasteiger partial charge in [0.15, 0.2) is 0 Å². The van der Waals surface area contributed by atoms with Gasteiger partial charge in [-0.05, 0) is 85.9 Å². The first-order valence-corrected chi connectivity index (χ1v) is 16.2. The number of nitrogens with zero attached hydrogens (tertiary/aromatic N) is 1. The summed E-state index contributed by atoms with van der Waals surface area (Å²) in [6.45, 7) is 0.529. The fourth-order valence-electron chi connectivity index (χ4n) is 7.70. The van der Waals surface area contributed by atoms with Gasteiger partial charge in [0, 0.05) is 27.4 Å². The van der Waals surface area contributed by atoms with Crippen LogP contribution in [0.2, 0.25) is 0 Å². The van der Waals surface area contributed by atoms with Crippen LogP contribution in [-0.4, -0.2) is 4.57 Å². The molecule has 10 rings (SSSR count). The van der Waals surface area contributed by atoms with E-state index in [9.17, 15) is 0 Å². The number of benzene rings is 8. The number of fused-ring (bicyclic) bond motifs is 11. The van der Waals surface area contributed by atoms with Crippen molar-refractivity contribution < 1.29 is 4.74 Å². The number of ether oxygens (including phenoxy) is 1. The van der Waals surface area contributed by atoms with Crippen molar-refractivity contribution in [1.29, 1.82) is 0 Å². The molecule has 220 valence electrons. The molecule has 0 unspecified atom stereocenters. The summed E-state index contributed by atoms with van der Waals surface area (Å²) in [6, 6.07) is 59.3. The van der Waals surface area contributed by atoms with E-state index in [1.54, 1.807) is 0 Å². The Kier molecular flexibility index (Phi) is 5.67. The second-order valence-electron chi connectivity index (χ2n) is 12.5. The molecule has 1 aliphatic heterocycles. The van der Waals surface area contributed by atoms with Crippen LogP contribution in [0.15, 0.2) is 164 Å². The SMILES string of the molecule is c1ccc(-c2cc(-c3ccccc3)cc(-n3c4ccccc4c4cc5c(cc43)COc3c-5c4ccccc4c4ccccc34)c2)cc1. The summed E-state index contributed by atoms with van der Waals surface area (Å²) in [4.78, 5) is 0. The maximum absolute atomic E-state index is 6.68. The molecule has 2 heteroatoms. The second kappa shape index (κ2) is 10.2. The smallest absolute Gasteiger partial charge is 0.136 e. The highest BCUT2D eigenvalue weighted by atomic mass is 16.5. The first kappa shape index (κ1) is 26.1. The molecular formula is C45H29NO. The van der Waals surface area contributed by atoms with Crippen molar-refractivity contribution in [3.63, 3.8) is 0 Å². The molecule has 0 fully saturated rings. The topological polar surface area (TPSA) is 14.2 Å². The summed E-state index contributed by atoms with van der Waals surface area (Å²) < 4.78 is 9.13. The Bertz CT molecular complexity index is 2610. The van der Waals surface area contributed by atoms with E-state index in [0.29, 0.717) is 6.61 Å². The standard InChI is InChI=1S/C45H29NO/c1-3-13-29(14-4-1)31-23-32(30-15-5-2-6-16-30)25-34(24-31)46-42-22-12-11-19-37(42)41-27-40-33(26-43(41)46)28-47-45-39-21-10-8-18-36(39)35-17-7-9-20-38(35)44(40)45/h1-27H,28H2. The molecule has 0 spiro atoms. The van der Waals surface area contributed by atoms with Crippen LogP contribution in [0.1, 0.15) is 5.56 Å². The molecule has 0 saturated heterocycles. The van der Waals surface area contributed by atoms with Gasteiger partial charge in [0.1, 0.15) is 12.4 Å². The van der Waals surface area contributed by atoms with Crippen molar-refractivity contribution in [2.75, 3.05) is 0 Å². The molecule has 8 aromatic carbocycles. The molecule has 47 heavy (non-hydrogen) atoms. The van der Waals surface area contributed by atoms with Crippen molar-refractivity contribution in [1.82, 2.24) is 4.57 Å². The summed E-state index contributed by atoms with van der Waals surface area (Å²) in [5, 5.41) is 7.38. The van der Waals surface area contributed by atoms with Crippen LogP contribution in [-0.2, 0) is 6.61 Å². The van der Waals surface area contributed by atoms with Crippen molar-refractivity contribution in [2.24, 2.45) is 0 Å². The van der Waals surface area contributed by atoms with E-state index in [2.05, 4.69) is 168 Å². The molecule has 2 heterocycles. The molecule has 0 atom stereocenters. The fraction of sp³-hybridized carbons (Fsp3) is 0.0222. The number of rotatable bonds is 3. The molecule has 0 N–H and O–H groups in total. The molecule has 1 aliphatic rings. The summed E-state index contributed by atoms with van der Waals surface area (Å²) >= 11 is 0. The minimum Gasteiger partial charge on any atom is -0.488 e. The summed E-state index contributed by atoms with van der Waals surface area (Å²) in [6.07, 6.45) is 0. The lowest BCUT2D eigenvalue weighted by Gasteiger charge is -2.25. The van der Waals surface area contributed by atoms with Crippen LogP contribution in [0.3, 0.4) is 0 Å². The van der Waals surface area contributed by atoms with Gasteiger partial charge < -0.3 is 9.30 Å². The molecular weight excluding hydrogens is 571 g/mol. The van der Waals surface area contributed by atoms with Crippen molar-refractivity contribution in [3.8, 4) is 44.8 Å². The molecule has 0 aliphatic carbocycles. The number of aromatic nitrogens is 1. The summed E-state index contributed by atoms with van der Waals surface area (Å²) in [7, 11) is 0. The third kappa shape index (κ3) is 3.98. The van der Waals surface area contributed by atoms with Gasteiger partial charge in [-0.1, -0.05) is 127 Å². The predicted octanol–water partition coefficient (Wildman–Crippen LogP) is 12.0. The largest absolute Gasteiger partial charge is 0.488 e. The maximum atomic E-state index is 6.68. The number of hydrogen-bond acceptors (Lipinski definition) is 1. The first-order chi connectivity index (χ1) is 23.3. The van der Waals surface area contributed by atoms with Gasteiger partial charge in [0.05, 0.1) is 11.0 Å². The number of para-hydroxylation sites is 1. The van der Waals surface area contributed by atoms with Gasteiger partial charge in [0.25, 0.3) is 0 Å². The monoisotopic (exact) mass is 599 g/mol. The van der Waals surface area contributed by atoms with Crippen molar-refractivity contribution >= 4 is 43.4 Å². The summed E-state index contributed by atoms with van der Waals surface area (Å²) in [5.41, 5.74) is 12.0. The Balaban J connectivity index is 1.28. The van der Waals surface area contributed by atoms with E-state index in [0.717, 1.165) is 11.4 Å². The van der Waals surface area contributed by atoms with Crippen LogP contribution in [0, 0.1) is 0 Å². The van der Waals surface area contributed by atoms with Crippen molar-refractivity contribution in [2.45, 2.75) is 6.61 Å². The van der Waals surface area contributed by atoms with Gasteiger partial charge in [-0.15, -0.1) is 0 Å². The lowest BCUT2D eigenvalue weighted by Crippen LogP contribution is -2.07. The molecule has 1 aromatic heterocycles. The van der Waals surface area contributed by atoms with Gasteiger partial charge in [-0.3, -0.25) is 0 Å². The van der Waals surface area contributed by atoms with Crippen LogP contribution in [0.25, 0.3) is 82.4 Å². The Morgan fingerprint density at radius 3 is 1.64 bits per heavy atom. The third-order valence-electron chi connectivity index (χ3n) is 9.81. The molecule has 0 saturated carbocycles. The molecule has 2 nitrogen and oxygen atoms in total. The minimum atomic E-state index is 0.529. The molecule has 0 bridgehead atoms. The highest BCUT2D eigenvalue weighted by molar-refractivity contribution is 6.19. The van der Waals surface area contributed by atoms with Gasteiger partial charge >= 0.3 is 0 Å². The normalized spacial score (nSPS) is 12.3. The Morgan fingerprint density at radius 1 is 0.404 bits per heavy atom. The molecule has 9 aromatic rings. The van der Waals surface area contributed by atoms with E-state index >= 15 is 0 Å². The zero-order valence-electron chi connectivity index (χ0n) is 25.7. The van der Waals surface area contributed by atoms with Crippen LogP contribution in [0.4, 0.5) is 0 Å². The summed E-state index contributed by atoms with van der Waals surface area (Å²) in [5.74, 6) is 0.984. The average molecular weight is 600 g/mol. The minimum absolute atomic E-state index is 0.529. The lowest BCUT2D eigenvalue weighted by atomic mass is 9.88. The van der Waals surface area contributed by atoms with Gasteiger partial charge in [-0.25, -0.2) is 0 Å². The molecule has 0 amide bonds. The predicted molar refractivity (Wildman–Crippen MR) is 196 cm³/mol. The highest BCUT2D eigenvalue weighted by Gasteiger charge is 2.26. The van der Waals surface area contributed by atoms with E-state index in [1.165, 1.54) is 82.3 Å². The third-order valence-corrected chi connectivity index (χ3v) is 9.81. The fourth-order valence-corrected chi connectivity index (χ4v) is 7.70. The Labute approximate surface area is 272 Å². The van der Waals surface area contributed by atoms with Crippen LogP contribution in [0.5, 0.6) is 5.75 Å². The first-order valence-electron chi connectivity index (χ1n) is 16.2. The van der Waals surface area contributed by atoms with Gasteiger partial charge in [-0.2, -0.15) is 0 Å². The zero-order valence-corrected chi connectivity index (χ0v) is 25.7. The quantitative estimate of drug-likeness (QED) is 0.184. The highest BCUT2D eigenvalue weighted by Crippen LogP contribution is 2.49. The zero-order chi connectivity index (χ0) is 30.9. The average Bonchev–Trinajstić information content (AvgIpc) is 3.47. The second-order valence-corrected chi connectivity index (χ2v) is 12.5. The van der Waals surface area contributed by atoms with Crippen molar-refractivity contribution in [3.05, 3.63) is 169 Å². The Morgan fingerprint density at radius 2 is 0.957 bits per heavy atom. The van der Waals surface area contributed by atoms with Crippen LogP contribution < -0.4 is 4.74 Å². The number of hydrogen-bond donors (Lipinski definition) is 0. The van der Waals surface area contributed by atoms with E-state index in [4.69, 9.17) is 4.74 Å². The maximum Gasteiger partial charge on any atom is 0.136 e. The molecule has 0 radical (unpaired) electrons. The van der Waals surface area contributed by atoms with Crippen LogP contribution >= 0.6 is 0 Å². The lowest BCUT2D eigenvalue weighted by molar-refractivity contribution is 0.307. The Hall–Kier alpha value is -6.12.